The minimum absolute atomic E-state index is 0.0180. The fourth-order valence-electron chi connectivity index (χ4n) is 3.12. The third kappa shape index (κ3) is 3.39. The van der Waals surface area contributed by atoms with E-state index in [1.807, 2.05) is 0 Å². The molecule has 10 heteroatoms. The largest absolute Gasteiger partial charge is 0.448 e. The molecule has 1 atom stereocenters. The number of amidine groups is 1. The van der Waals surface area contributed by atoms with Crippen molar-refractivity contribution in [2.24, 2.45) is 10.7 Å². The minimum atomic E-state index is -3.62. The van der Waals surface area contributed by atoms with Gasteiger partial charge < -0.3 is 15.8 Å². The molecule has 7 nitrogen and oxygen atoms in total. The lowest BCUT2D eigenvalue weighted by Gasteiger charge is -2.47. The molecule has 2 heterocycles. The second-order valence-corrected chi connectivity index (χ2v) is 7.41. The first-order valence-electron chi connectivity index (χ1n) is 8.69. The number of halogens is 3. The Bertz CT molecular complexity index is 992. The number of rotatable bonds is 3. The summed E-state index contributed by atoms with van der Waals surface area (Å²) in [5.74, 6) is -5.18. The summed E-state index contributed by atoms with van der Waals surface area (Å²) in [7, 11) is 0. The summed E-state index contributed by atoms with van der Waals surface area (Å²) in [5, 5.41) is 2.49. The second-order valence-electron chi connectivity index (χ2n) is 7.41. The molecular weight excluding hydrogens is 387 g/mol. The average Bonchev–Trinajstić information content (AvgIpc) is 2.61. The molecule has 0 spiro atoms. The molecule has 0 saturated carbocycles. The Morgan fingerprint density at radius 2 is 1.86 bits per heavy atom. The Balaban J connectivity index is 2.00. The summed E-state index contributed by atoms with van der Waals surface area (Å²) in [5.41, 5.74) is 1.45. The van der Waals surface area contributed by atoms with Crippen molar-refractivity contribution in [3.05, 3.63) is 53.4 Å². The molecule has 0 fully saturated rings. The molecule has 0 aliphatic carbocycles. The van der Waals surface area contributed by atoms with Gasteiger partial charge in [-0.2, -0.15) is 8.78 Å². The number of carbonyl (C=O) groups excluding carboxylic acids is 1. The van der Waals surface area contributed by atoms with Crippen molar-refractivity contribution in [3.63, 3.8) is 0 Å². The highest BCUT2D eigenvalue weighted by molar-refractivity contribution is 6.02. The normalized spacial score (nSPS) is 22.4. The van der Waals surface area contributed by atoms with Gasteiger partial charge in [-0.05, 0) is 45.9 Å². The van der Waals surface area contributed by atoms with Crippen LogP contribution in [0.1, 0.15) is 42.5 Å². The van der Waals surface area contributed by atoms with E-state index in [9.17, 15) is 9.18 Å². The number of benzene rings is 1. The fraction of sp³-hybridized carbons (Fsp3) is 0.368. The van der Waals surface area contributed by atoms with Gasteiger partial charge in [-0.1, -0.05) is 0 Å². The summed E-state index contributed by atoms with van der Waals surface area (Å²) in [6, 6.07) is 2.81. The van der Waals surface area contributed by atoms with Crippen LogP contribution in [-0.2, 0) is 10.3 Å². The number of carbonyl (C=O) groups is 1. The molecule has 1 amide bonds. The van der Waals surface area contributed by atoms with Crippen LogP contribution in [0.3, 0.4) is 0 Å². The van der Waals surface area contributed by atoms with Gasteiger partial charge in [-0.25, -0.2) is 14.4 Å². The number of nitrogens with one attached hydrogen (secondary N) is 1. The second kappa shape index (κ2) is 6.71. The van der Waals surface area contributed by atoms with Crippen LogP contribution in [0, 0.1) is 12.7 Å². The first-order valence-corrected chi connectivity index (χ1v) is 8.69. The monoisotopic (exact) mass is 407 g/mol. The lowest BCUT2D eigenvalue weighted by Crippen LogP contribution is -2.62. The third-order valence-electron chi connectivity index (χ3n) is 4.82. The topological polar surface area (TPSA) is 102 Å². The van der Waals surface area contributed by atoms with Crippen molar-refractivity contribution < 1.29 is 22.7 Å². The number of aliphatic imine (C=N–C) groups is 1. The zero-order valence-corrected chi connectivity index (χ0v) is 16.3. The number of hydrogen-bond donors (Lipinski definition) is 2. The number of aromatic nitrogens is 2. The van der Waals surface area contributed by atoms with Crippen LogP contribution >= 0.6 is 0 Å². The van der Waals surface area contributed by atoms with E-state index in [-0.39, 0.29) is 11.4 Å². The van der Waals surface area contributed by atoms with Crippen LogP contribution in [0.2, 0.25) is 0 Å². The fourth-order valence-corrected chi connectivity index (χ4v) is 3.12. The Morgan fingerprint density at radius 1 is 1.17 bits per heavy atom. The third-order valence-corrected chi connectivity index (χ3v) is 4.82. The molecule has 0 unspecified atom stereocenters. The number of hydrogen-bond acceptors (Lipinski definition) is 6. The SMILES string of the molecule is Cc1cnc(C(=O)Nc2ccc(F)c([C@@]3(C)OC(N)=NC(C)(C)C3(F)F)c2)cn1. The van der Waals surface area contributed by atoms with Gasteiger partial charge >= 0.3 is 5.92 Å². The van der Waals surface area contributed by atoms with Gasteiger partial charge in [0.1, 0.15) is 17.1 Å². The van der Waals surface area contributed by atoms with E-state index < -0.39 is 40.4 Å². The molecule has 3 rings (SSSR count). The number of ether oxygens (including phenoxy) is 1. The Hall–Kier alpha value is -3.17. The van der Waals surface area contributed by atoms with Crippen LogP contribution in [0.5, 0.6) is 0 Å². The van der Waals surface area contributed by atoms with Gasteiger partial charge in [0.05, 0.1) is 11.9 Å². The highest BCUT2D eigenvalue weighted by Gasteiger charge is 2.66. The summed E-state index contributed by atoms with van der Waals surface area (Å²) >= 11 is 0. The van der Waals surface area contributed by atoms with Gasteiger partial charge in [0, 0.05) is 17.4 Å². The predicted molar refractivity (Wildman–Crippen MR) is 100 cm³/mol. The van der Waals surface area contributed by atoms with Crippen molar-refractivity contribution >= 4 is 17.6 Å². The molecule has 0 bridgehead atoms. The molecule has 3 N–H and O–H groups in total. The highest BCUT2D eigenvalue weighted by atomic mass is 19.3. The van der Waals surface area contributed by atoms with Gasteiger partial charge in [0.2, 0.25) is 5.60 Å². The van der Waals surface area contributed by atoms with Gasteiger partial charge in [-0.3, -0.25) is 9.78 Å². The lowest BCUT2D eigenvalue weighted by molar-refractivity contribution is -0.215. The molecule has 2 aromatic rings. The van der Waals surface area contributed by atoms with E-state index >= 15 is 8.78 Å². The van der Waals surface area contributed by atoms with E-state index in [2.05, 4.69) is 20.3 Å². The van der Waals surface area contributed by atoms with Crippen molar-refractivity contribution in [2.45, 2.75) is 44.8 Å². The number of nitrogens with two attached hydrogens (primary N) is 1. The minimum Gasteiger partial charge on any atom is -0.448 e. The van der Waals surface area contributed by atoms with Crippen molar-refractivity contribution in [2.75, 3.05) is 5.32 Å². The summed E-state index contributed by atoms with van der Waals surface area (Å²) < 4.78 is 50.2. The Morgan fingerprint density at radius 3 is 2.48 bits per heavy atom. The van der Waals surface area contributed by atoms with Crippen LogP contribution in [0.4, 0.5) is 18.9 Å². The molecule has 29 heavy (non-hydrogen) atoms. The molecule has 0 radical (unpaired) electrons. The number of anilines is 1. The van der Waals surface area contributed by atoms with E-state index in [1.54, 1.807) is 6.92 Å². The molecular formula is C19H20F3N5O2. The van der Waals surface area contributed by atoms with Gasteiger partial charge in [0.15, 0.2) is 0 Å². The van der Waals surface area contributed by atoms with Crippen molar-refractivity contribution in [1.82, 2.24) is 9.97 Å². The number of nitrogens with zero attached hydrogens (tertiary/aromatic N) is 3. The van der Waals surface area contributed by atoms with E-state index in [0.717, 1.165) is 19.1 Å². The smallest absolute Gasteiger partial charge is 0.315 e. The summed E-state index contributed by atoms with van der Waals surface area (Å²) in [6.07, 6.45) is 2.68. The lowest BCUT2D eigenvalue weighted by atomic mass is 9.78. The maximum absolute atomic E-state index is 15.2. The van der Waals surface area contributed by atoms with E-state index in [0.29, 0.717) is 5.69 Å². The first kappa shape index (κ1) is 20.6. The zero-order chi connectivity index (χ0) is 21.6. The van der Waals surface area contributed by atoms with Crippen LogP contribution in [0.15, 0.2) is 35.6 Å². The Kier molecular flexibility index (Phi) is 4.76. The highest BCUT2D eigenvalue weighted by Crippen LogP contribution is 2.51. The summed E-state index contributed by atoms with van der Waals surface area (Å²) in [4.78, 5) is 23.9. The average molecular weight is 407 g/mol. The number of amides is 1. The zero-order valence-electron chi connectivity index (χ0n) is 16.3. The summed E-state index contributed by atoms with van der Waals surface area (Å²) in [6.45, 7) is 5.11. The maximum atomic E-state index is 15.2. The molecule has 1 aliphatic heterocycles. The van der Waals surface area contributed by atoms with Crippen LogP contribution < -0.4 is 11.1 Å². The van der Waals surface area contributed by atoms with Crippen molar-refractivity contribution in [1.29, 1.82) is 0 Å². The number of alkyl halides is 2. The predicted octanol–water partition coefficient (Wildman–Crippen LogP) is 3.15. The number of aryl methyl sites for hydroxylation is 1. The van der Waals surface area contributed by atoms with Gasteiger partial charge in [-0.15, -0.1) is 0 Å². The molecule has 1 aromatic carbocycles. The first-order chi connectivity index (χ1) is 13.4. The van der Waals surface area contributed by atoms with Crippen LogP contribution in [0.25, 0.3) is 0 Å². The van der Waals surface area contributed by atoms with Crippen LogP contribution in [-0.4, -0.2) is 33.4 Å². The maximum Gasteiger partial charge on any atom is 0.315 e. The van der Waals surface area contributed by atoms with Gasteiger partial charge in [0.25, 0.3) is 11.9 Å². The molecule has 154 valence electrons. The Labute approximate surface area is 165 Å². The molecule has 0 saturated heterocycles. The quantitative estimate of drug-likeness (QED) is 0.814. The molecule has 1 aliphatic rings. The van der Waals surface area contributed by atoms with E-state index in [4.69, 9.17) is 10.5 Å². The van der Waals surface area contributed by atoms with E-state index in [1.165, 1.54) is 32.3 Å². The molecule has 1 aromatic heterocycles. The van der Waals surface area contributed by atoms with Crippen molar-refractivity contribution in [3.8, 4) is 0 Å². The standard InChI is InChI=1S/C19H20F3N5O2/c1-10-8-25-14(9-24-10)15(28)26-11-5-6-13(20)12(7-11)18(4)19(21,22)17(2,3)27-16(23)29-18/h5-9H,1-4H3,(H2,23,27)(H,26,28)/t18-/m1/s1.